The van der Waals surface area contributed by atoms with E-state index in [1.165, 1.54) is 9.80 Å². The Labute approximate surface area is 202 Å². The van der Waals surface area contributed by atoms with Gasteiger partial charge < -0.3 is 19.4 Å². The average molecular weight is 481 g/mol. The lowest BCUT2D eigenvalue weighted by molar-refractivity contribution is 0.00163. The highest BCUT2D eigenvalue weighted by Crippen LogP contribution is 2.19. The number of aromatic amines is 1. The van der Waals surface area contributed by atoms with Crippen molar-refractivity contribution in [2.45, 2.75) is 39.0 Å². The number of carbonyl (C=O) groups is 3. The summed E-state index contributed by atoms with van der Waals surface area (Å²) in [6.45, 7) is 5.32. The standard InChI is InChI=1S/C25H28N4O6/c1-25(2,3)35-23(32)27-13-14-28(24(33)34-16-17-9-5-4-6-10-17)20(15-27)21(30)29-19-12-8-7-11-18(19)26-22(29)31/h4-12,20H,13-16H2,1-3H3,(H,26,31). The number of fused-ring (bicyclic) bond motifs is 1. The van der Waals surface area contributed by atoms with Gasteiger partial charge in [-0.15, -0.1) is 0 Å². The number of nitrogens with one attached hydrogen (secondary N) is 1. The molecular formula is C25H28N4O6. The third-order valence-corrected chi connectivity index (χ3v) is 5.57. The van der Waals surface area contributed by atoms with Crippen molar-refractivity contribution in [1.29, 1.82) is 0 Å². The molecule has 1 saturated heterocycles. The van der Waals surface area contributed by atoms with Crippen LogP contribution in [0.3, 0.4) is 0 Å². The van der Waals surface area contributed by atoms with Crippen molar-refractivity contribution in [3.63, 3.8) is 0 Å². The summed E-state index contributed by atoms with van der Waals surface area (Å²) in [5, 5.41) is 0. The monoisotopic (exact) mass is 480 g/mol. The SMILES string of the molecule is CC(C)(C)OC(=O)N1CCN(C(=O)OCc2ccccc2)C(C(=O)n2c(=O)[nH]c3ccccc32)C1. The second-order valence-electron chi connectivity index (χ2n) is 9.30. The number of ether oxygens (including phenoxy) is 2. The summed E-state index contributed by atoms with van der Waals surface area (Å²) < 4.78 is 11.9. The summed E-state index contributed by atoms with van der Waals surface area (Å²) in [4.78, 5) is 57.3. The van der Waals surface area contributed by atoms with Gasteiger partial charge >= 0.3 is 17.9 Å². The minimum atomic E-state index is -1.14. The number of imidazole rings is 1. The maximum absolute atomic E-state index is 13.7. The molecule has 1 N–H and O–H groups in total. The Kier molecular flexibility index (Phi) is 6.63. The summed E-state index contributed by atoms with van der Waals surface area (Å²) >= 11 is 0. The molecule has 1 aliphatic rings. The second kappa shape index (κ2) is 9.65. The summed E-state index contributed by atoms with van der Waals surface area (Å²) in [6, 6.07) is 14.8. The van der Waals surface area contributed by atoms with Crippen molar-refractivity contribution < 1.29 is 23.9 Å². The Morgan fingerprint density at radius 1 is 0.971 bits per heavy atom. The lowest BCUT2D eigenvalue weighted by Gasteiger charge is -2.39. The van der Waals surface area contributed by atoms with Gasteiger partial charge in [-0.3, -0.25) is 9.69 Å². The zero-order valence-corrected chi connectivity index (χ0v) is 19.9. The first-order chi connectivity index (χ1) is 16.6. The normalized spacial score (nSPS) is 16.3. The van der Waals surface area contributed by atoms with Crippen LogP contribution in [0.5, 0.6) is 0 Å². The van der Waals surface area contributed by atoms with Gasteiger partial charge in [0.25, 0.3) is 5.91 Å². The zero-order valence-electron chi connectivity index (χ0n) is 19.9. The number of hydrogen-bond donors (Lipinski definition) is 1. The van der Waals surface area contributed by atoms with Crippen molar-refractivity contribution in [1.82, 2.24) is 19.4 Å². The smallest absolute Gasteiger partial charge is 0.410 e. The van der Waals surface area contributed by atoms with Gasteiger partial charge in [-0.2, -0.15) is 0 Å². The molecule has 0 aliphatic carbocycles. The number of rotatable bonds is 3. The fourth-order valence-corrected chi connectivity index (χ4v) is 3.93. The van der Waals surface area contributed by atoms with Crippen LogP contribution in [-0.2, 0) is 16.1 Å². The number of para-hydroxylation sites is 2. The van der Waals surface area contributed by atoms with Gasteiger partial charge in [0.05, 0.1) is 17.6 Å². The molecule has 2 amide bonds. The zero-order chi connectivity index (χ0) is 25.2. The Balaban J connectivity index is 1.61. The third-order valence-electron chi connectivity index (χ3n) is 5.57. The van der Waals surface area contributed by atoms with Crippen molar-refractivity contribution in [3.8, 4) is 0 Å². The van der Waals surface area contributed by atoms with Crippen LogP contribution in [0.2, 0.25) is 0 Å². The number of carbonyl (C=O) groups excluding carboxylic acids is 3. The van der Waals surface area contributed by atoms with E-state index in [-0.39, 0.29) is 26.2 Å². The quantitative estimate of drug-likeness (QED) is 0.616. The highest BCUT2D eigenvalue weighted by atomic mass is 16.6. The molecule has 2 aromatic carbocycles. The largest absolute Gasteiger partial charge is 0.445 e. The fraction of sp³-hybridized carbons (Fsp3) is 0.360. The van der Waals surface area contributed by atoms with Crippen LogP contribution in [-0.4, -0.2) is 68.7 Å². The van der Waals surface area contributed by atoms with Crippen LogP contribution >= 0.6 is 0 Å². The Morgan fingerprint density at radius 3 is 2.37 bits per heavy atom. The molecule has 0 spiro atoms. The molecule has 0 saturated carbocycles. The molecule has 35 heavy (non-hydrogen) atoms. The maximum Gasteiger partial charge on any atom is 0.410 e. The molecule has 10 heteroatoms. The van der Waals surface area contributed by atoms with E-state index in [1.807, 2.05) is 30.3 Å². The Hall–Kier alpha value is -4.08. The van der Waals surface area contributed by atoms with Gasteiger partial charge in [-0.05, 0) is 38.5 Å². The minimum absolute atomic E-state index is 0.0277. The van der Waals surface area contributed by atoms with E-state index in [0.29, 0.717) is 11.0 Å². The fourth-order valence-electron chi connectivity index (χ4n) is 3.93. The topological polar surface area (TPSA) is 114 Å². The number of hydrogen-bond acceptors (Lipinski definition) is 6. The number of benzene rings is 2. The highest BCUT2D eigenvalue weighted by molar-refractivity contribution is 5.95. The van der Waals surface area contributed by atoms with E-state index < -0.39 is 35.4 Å². The Bertz CT molecular complexity index is 1290. The third kappa shape index (κ3) is 5.37. The summed E-state index contributed by atoms with van der Waals surface area (Å²) in [5.41, 5.74) is 0.321. The highest BCUT2D eigenvalue weighted by Gasteiger charge is 2.40. The molecule has 1 fully saturated rings. The van der Waals surface area contributed by atoms with Crippen molar-refractivity contribution in [2.75, 3.05) is 19.6 Å². The van der Waals surface area contributed by atoms with E-state index in [2.05, 4.69) is 4.98 Å². The van der Waals surface area contributed by atoms with Crippen LogP contribution in [0.4, 0.5) is 9.59 Å². The molecule has 10 nitrogen and oxygen atoms in total. The summed E-state index contributed by atoms with van der Waals surface area (Å²) in [7, 11) is 0. The molecule has 4 rings (SSSR count). The molecule has 1 atom stereocenters. The maximum atomic E-state index is 13.7. The van der Waals surface area contributed by atoms with E-state index in [9.17, 15) is 19.2 Å². The predicted octanol–water partition coefficient (Wildman–Crippen LogP) is 3.23. The number of H-pyrrole nitrogens is 1. The molecule has 2 heterocycles. The second-order valence-corrected chi connectivity index (χ2v) is 9.30. The van der Waals surface area contributed by atoms with Gasteiger partial charge in [0, 0.05) is 13.1 Å². The molecule has 0 bridgehead atoms. The van der Waals surface area contributed by atoms with Crippen molar-refractivity contribution in [3.05, 3.63) is 70.6 Å². The molecule has 3 aromatic rings. The van der Waals surface area contributed by atoms with Crippen LogP contribution < -0.4 is 5.69 Å². The first-order valence-electron chi connectivity index (χ1n) is 11.3. The van der Waals surface area contributed by atoms with Crippen LogP contribution in [0.1, 0.15) is 31.1 Å². The molecule has 1 aliphatic heterocycles. The molecule has 1 aromatic heterocycles. The summed E-state index contributed by atoms with van der Waals surface area (Å²) in [6.07, 6.45) is -1.30. The van der Waals surface area contributed by atoms with Crippen molar-refractivity contribution >= 4 is 29.1 Å². The number of piperazine rings is 1. The molecule has 1 unspecified atom stereocenters. The number of aromatic nitrogens is 2. The van der Waals surface area contributed by atoms with E-state index in [1.54, 1.807) is 45.0 Å². The average Bonchev–Trinajstić information content (AvgIpc) is 3.17. The number of nitrogens with zero attached hydrogens (tertiary/aromatic N) is 3. The van der Waals surface area contributed by atoms with Crippen LogP contribution in [0, 0.1) is 0 Å². The van der Waals surface area contributed by atoms with Crippen LogP contribution in [0.15, 0.2) is 59.4 Å². The first kappa shape index (κ1) is 24.1. The van der Waals surface area contributed by atoms with Gasteiger partial charge in [0.1, 0.15) is 18.2 Å². The van der Waals surface area contributed by atoms with E-state index in [0.717, 1.165) is 10.1 Å². The number of amides is 2. The first-order valence-corrected chi connectivity index (χ1v) is 11.3. The summed E-state index contributed by atoms with van der Waals surface area (Å²) in [5.74, 6) is -0.641. The molecule has 184 valence electrons. The lowest BCUT2D eigenvalue weighted by atomic mass is 10.1. The van der Waals surface area contributed by atoms with E-state index in [4.69, 9.17) is 9.47 Å². The lowest BCUT2D eigenvalue weighted by Crippen LogP contribution is -2.61. The van der Waals surface area contributed by atoms with Gasteiger partial charge in [0.2, 0.25) is 0 Å². The van der Waals surface area contributed by atoms with Gasteiger partial charge in [-0.25, -0.2) is 19.0 Å². The molecule has 0 radical (unpaired) electrons. The van der Waals surface area contributed by atoms with Gasteiger partial charge in [-0.1, -0.05) is 42.5 Å². The van der Waals surface area contributed by atoms with E-state index >= 15 is 0 Å². The van der Waals surface area contributed by atoms with Gasteiger partial charge in [0.15, 0.2) is 0 Å². The van der Waals surface area contributed by atoms with Crippen molar-refractivity contribution in [2.24, 2.45) is 0 Å². The minimum Gasteiger partial charge on any atom is -0.445 e. The van der Waals surface area contributed by atoms with Crippen LogP contribution in [0.25, 0.3) is 11.0 Å². The Morgan fingerprint density at radius 2 is 1.66 bits per heavy atom. The molecular weight excluding hydrogens is 452 g/mol. The predicted molar refractivity (Wildman–Crippen MR) is 128 cm³/mol.